The van der Waals surface area contributed by atoms with E-state index in [-0.39, 0.29) is 11.9 Å². The van der Waals surface area contributed by atoms with E-state index < -0.39 is 0 Å². The van der Waals surface area contributed by atoms with E-state index in [2.05, 4.69) is 15.5 Å². The number of carbonyl (C=O) groups excluding carboxylic acids is 1. The zero-order valence-corrected chi connectivity index (χ0v) is 12.0. The van der Waals surface area contributed by atoms with Crippen LogP contribution in [0.2, 0.25) is 0 Å². The average molecular weight is 283 g/mol. The monoisotopic (exact) mass is 283 g/mol. The number of ether oxygens (including phenoxy) is 1. The Bertz CT molecular complexity index is 689. The zero-order chi connectivity index (χ0) is 14.8. The van der Waals surface area contributed by atoms with Crippen LogP contribution in [0, 0.1) is 0 Å². The molecule has 1 aliphatic rings. The summed E-state index contributed by atoms with van der Waals surface area (Å²) in [4.78, 5) is 12.4. The number of rotatable bonds is 3. The van der Waals surface area contributed by atoms with Crippen molar-refractivity contribution in [1.82, 2.24) is 10.2 Å². The van der Waals surface area contributed by atoms with Crippen molar-refractivity contribution in [3.05, 3.63) is 58.9 Å². The van der Waals surface area contributed by atoms with Crippen LogP contribution in [0.4, 0.5) is 5.82 Å². The van der Waals surface area contributed by atoms with Crippen LogP contribution in [0.15, 0.2) is 47.8 Å². The van der Waals surface area contributed by atoms with Gasteiger partial charge in [0, 0.05) is 17.2 Å². The van der Waals surface area contributed by atoms with Crippen molar-refractivity contribution in [3.63, 3.8) is 0 Å². The number of aromatic amines is 1. The molecule has 108 valence electrons. The Morgan fingerprint density at radius 1 is 1.33 bits per heavy atom. The molecule has 1 atom stereocenters. The van der Waals surface area contributed by atoms with Crippen molar-refractivity contribution in [2.45, 2.75) is 19.8 Å². The van der Waals surface area contributed by atoms with Crippen LogP contribution in [0.3, 0.4) is 0 Å². The fourth-order valence-electron chi connectivity index (χ4n) is 2.71. The van der Waals surface area contributed by atoms with Crippen molar-refractivity contribution in [1.29, 1.82) is 0 Å². The number of fused-ring (bicyclic) bond motifs is 1. The molecule has 0 aliphatic carbocycles. The van der Waals surface area contributed by atoms with E-state index >= 15 is 0 Å². The summed E-state index contributed by atoms with van der Waals surface area (Å²) in [6.07, 6.45) is 1.76. The minimum Gasteiger partial charge on any atom is -0.463 e. The summed E-state index contributed by atoms with van der Waals surface area (Å²) in [5.41, 5.74) is 3.43. The van der Waals surface area contributed by atoms with Gasteiger partial charge in [0.05, 0.1) is 18.4 Å². The molecule has 1 aromatic heterocycles. The quantitative estimate of drug-likeness (QED) is 0.850. The molecule has 1 aliphatic heterocycles. The van der Waals surface area contributed by atoms with Crippen molar-refractivity contribution >= 4 is 11.8 Å². The number of H-pyrrole nitrogens is 1. The van der Waals surface area contributed by atoms with Gasteiger partial charge in [0.15, 0.2) is 0 Å². The molecule has 3 rings (SSSR count). The van der Waals surface area contributed by atoms with Crippen LogP contribution in [-0.4, -0.2) is 22.8 Å². The van der Waals surface area contributed by atoms with Gasteiger partial charge in [-0.1, -0.05) is 30.3 Å². The predicted molar refractivity (Wildman–Crippen MR) is 79.8 cm³/mol. The second-order valence-electron chi connectivity index (χ2n) is 4.93. The van der Waals surface area contributed by atoms with Gasteiger partial charge in [0.2, 0.25) is 0 Å². The highest BCUT2D eigenvalue weighted by Gasteiger charge is 2.34. The molecule has 2 N–H and O–H groups in total. The second kappa shape index (κ2) is 5.44. The molecule has 1 aromatic carbocycles. The molecule has 0 spiro atoms. The van der Waals surface area contributed by atoms with E-state index in [1.807, 2.05) is 44.2 Å². The van der Waals surface area contributed by atoms with Gasteiger partial charge in [-0.3, -0.25) is 5.10 Å². The lowest BCUT2D eigenvalue weighted by Gasteiger charge is -2.27. The molecule has 2 aromatic rings. The van der Waals surface area contributed by atoms with Crippen molar-refractivity contribution < 1.29 is 9.53 Å². The third-order valence-corrected chi connectivity index (χ3v) is 3.61. The van der Waals surface area contributed by atoms with Gasteiger partial charge < -0.3 is 10.1 Å². The Labute approximate surface area is 123 Å². The second-order valence-corrected chi connectivity index (χ2v) is 4.93. The number of nitrogens with one attached hydrogen (secondary N) is 2. The SMILES string of the molecule is CCOC(=O)C1=C(C)Nc2[nH]ncc2C1c1ccccc1. The van der Waals surface area contributed by atoms with Crippen LogP contribution in [-0.2, 0) is 9.53 Å². The lowest BCUT2D eigenvalue weighted by atomic mass is 9.83. The lowest BCUT2D eigenvalue weighted by Crippen LogP contribution is -2.24. The van der Waals surface area contributed by atoms with E-state index in [0.29, 0.717) is 12.2 Å². The Morgan fingerprint density at radius 2 is 2.10 bits per heavy atom. The van der Waals surface area contributed by atoms with Crippen LogP contribution in [0.5, 0.6) is 0 Å². The molecule has 0 fully saturated rings. The number of allylic oxidation sites excluding steroid dienone is 1. The summed E-state index contributed by atoms with van der Waals surface area (Å²) in [5.74, 6) is 0.373. The van der Waals surface area contributed by atoms with Crippen molar-refractivity contribution in [3.8, 4) is 0 Å². The number of nitrogens with zero attached hydrogens (tertiary/aromatic N) is 1. The summed E-state index contributed by atoms with van der Waals surface area (Å²) < 4.78 is 5.23. The first-order valence-electron chi connectivity index (χ1n) is 6.95. The van der Waals surface area contributed by atoms with Crippen LogP contribution in [0.25, 0.3) is 0 Å². The number of esters is 1. The minimum atomic E-state index is -0.289. The van der Waals surface area contributed by atoms with Crippen LogP contribution >= 0.6 is 0 Å². The Kier molecular flexibility index (Phi) is 3.48. The standard InChI is InChI=1S/C16H17N3O2/c1-3-21-16(20)13-10(2)18-15-12(9-17-19-15)14(13)11-7-5-4-6-8-11/h4-9,14H,3H2,1-2H3,(H2,17,18,19). The Morgan fingerprint density at radius 3 is 2.81 bits per heavy atom. The fraction of sp³-hybridized carbons (Fsp3) is 0.250. The highest BCUT2D eigenvalue weighted by molar-refractivity contribution is 5.94. The highest BCUT2D eigenvalue weighted by atomic mass is 16.5. The summed E-state index contributed by atoms with van der Waals surface area (Å²) in [5, 5.41) is 10.2. The van der Waals surface area contributed by atoms with E-state index in [4.69, 9.17) is 4.74 Å². The zero-order valence-electron chi connectivity index (χ0n) is 12.0. The van der Waals surface area contributed by atoms with Crippen LogP contribution < -0.4 is 5.32 Å². The topological polar surface area (TPSA) is 67.0 Å². The van der Waals surface area contributed by atoms with Gasteiger partial charge in [-0.15, -0.1) is 0 Å². The summed E-state index contributed by atoms with van der Waals surface area (Å²) in [6, 6.07) is 9.92. The molecule has 0 bridgehead atoms. The van der Waals surface area contributed by atoms with Gasteiger partial charge in [-0.25, -0.2) is 4.79 Å². The van der Waals surface area contributed by atoms with Gasteiger partial charge in [0.1, 0.15) is 5.82 Å². The maximum absolute atomic E-state index is 12.4. The molecule has 0 saturated heterocycles. The average Bonchev–Trinajstić information content (AvgIpc) is 2.94. The van der Waals surface area contributed by atoms with Gasteiger partial charge in [-0.2, -0.15) is 5.10 Å². The molecule has 5 nitrogen and oxygen atoms in total. The first kappa shape index (κ1) is 13.4. The molecule has 2 heterocycles. The largest absolute Gasteiger partial charge is 0.463 e. The van der Waals surface area contributed by atoms with Crippen molar-refractivity contribution in [2.24, 2.45) is 0 Å². The first-order valence-corrected chi connectivity index (χ1v) is 6.95. The molecule has 21 heavy (non-hydrogen) atoms. The molecule has 1 unspecified atom stereocenters. The number of aromatic nitrogens is 2. The molecule has 0 amide bonds. The van der Waals surface area contributed by atoms with Gasteiger partial charge in [0.25, 0.3) is 0 Å². The maximum Gasteiger partial charge on any atom is 0.336 e. The van der Waals surface area contributed by atoms with Crippen molar-refractivity contribution in [2.75, 3.05) is 11.9 Å². The smallest absolute Gasteiger partial charge is 0.336 e. The van der Waals surface area contributed by atoms with E-state index in [1.54, 1.807) is 6.20 Å². The summed E-state index contributed by atoms with van der Waals surface area (Å²) >= 11 is 0. The number of hydrogen-bond acceptors (Lipinski definition) is 4. The summed E-state index contributed by atoms with van der Waals surface area (Å²) in [6.45, 7) is 4.05. The molecule has 0 radical (unpaired) electrons. The van der Waals surface area contributed by atoms with Gasteiger partial charge in [-0.05, 0) is 19.4 Å². The van der Waals surface area contributed by atoms with Gasteiger partial charge >= 0.3 is 5.97 Å². The summed E-state index contributed by atoms with van der Waals surface area (Å²) in [7, 11) is 0. The normalized spacial score (nSPS) is 17.1. The third-order valence-electron chi connectivity index (χ3n) is 3.61. The fourth-order valence-corrected chi connectivity index (χ4v) is 2.71. The third kappa shape index (κ3) is 2.31. The number of anilines is 1. The highest BCUT2D eigenvalue weighted by Crippen LogP contribution is 2.40. The maximum atomic E-state index is 12.4. The lowest BCUT2D eigenvalue weighted by molar-refractivity contribution is -0.138. The number of carbonyl (C=O) groups is 1. The number of benzene rings is 1. The van der Waals surface area contributed by atoms with E-state index in [1.165, 1.54) is 0 Å². The molecule has 5 heteroatoms. The molecular formula is C16H17N3O2. The van der Waals surface area contributed by atoms with E-state index in [0.717, 1.165) is 22.6 Å². The Hall–Kier alpha value is -2.56. The minimum absolute atomic E-state index is 0.166. The Balaban J connectivity index is 2.13. The molecule has 0 saturated carbocycles. The first-order chi connectivity index (χ1) is 10.2. The van der Waals surface area contributed by atoms with Crippen LogP contribution in [0.1, 0.15) is 30.9 Å². The van der Waals surface area contributed by atoms with E-state index in [9.17, 15) is 4.79 Å². The molecular weight excluding hydrogens is 266 g/mol. The number of hydrogen-bond donors (Lipinski definition) is 2. The predicted octanol–water partition coefficient (Wildman–Crippen LogP) is 2.80.